The highest BCUT2D eigenvalue weighted by atomic mass is 35.5. The minimum absolute atomic E-state index is 0. The second-order valence-electron chi connectivity index (χ2n) is 9.17. The molecule has 4 aromatic rings. The summed E-state index contributed by atoms with van der Waals surface area (Å²) >= 11 is 0. The number of likely N-dealkylation sites (N-methyl/N-ethyl adjacent to an activating group) is 1. The fourth-order valence-electron chi connectivity index (χ4n) is 4.38. The lowest BCUT2D eigenvalue weighted by molar-refractivity contribution is 0.0492. The van der Waals surface area contributed by atoms with Crippen LogP contribution in [0.3, 0.4) is 0 Å². The fourth-order valence-corrected chi connectivity index (χ4v) is 4.38. The second-order valence-corrected chi connectivity index (χ2v) is 9.17. The van der Waals surface area contributed by atoms with E-state index in [9.17, 15) is 9.59 Å². The molecule has 3 aromatic carbocycles. The number of hydrogen-bond acceptors (Lipinski definition) is 7. The van der Waals surface area contributed by atoms with E-state index in [4.69, 9.17) is 18.6 Å². The molecule has 0 atom stereocenters. The van der Waals surface area contributed by atoms with Crippen molar-refractivity contribution in [2.75, 3.05) is 41.0 Å². The van der Waals surface area contributed by atoms with Gasteiger partial charge >= 0.3 is 5.97 Å². The summed E-state index contributed by atoms with van der Waals surface area (Å²) in [5, 5.41) is 0.367. The molecule has 0 aliphatic heterocycles. The van der Waals surface area contributed by atoms with Crippen molar-refractivity contribution in [3.05, 3.63) is 93.6 Å². The molecule has 0 amide bonds. The molecule has 1 aromatic heterocycles. The summed E-state index contributed by atoms with van der Waals surface area (Å²) in [6.07, 6.45) is 1.53. The summed E-state index contributed by atoms with van der Waals surface area (Å²) in [6, 6.07) is 20.3. The van der Waals surface area contributed by atoms with Crippen molar-refractivity contribution >= 4 is 29.3 Å². The van der Waals surface area contributed by atoms with Crippen molar-refractivity contribution in [1.29, 1.82) is 0 Å². The van der Waals surface area contributed by atoms with Gasteiger partial charge in [0.05, 0.1) is 26.2 Å². The van der Waals surface area contributed by atoms with Crippen LogP contribution >= 0.6 is 12.4 Å². The van der Waals surface area contributed by atoms with Crippen LogP contribution in [0.1, 0.15) is 27.9 Å². The summed E-state index contributed by atoms with van der Waals surface area (Å²) in [4.78, 5) is 28.2. The van der Waals surface area contributed by atoms with E-state index in [0.717, 1.165) is 36.4 Å². The van der Waals surface area contributed by atoms with Crippen LogP contribution in [0.4, 0.5) is 0 Å². The van der Waals surface area contributed by atoms with Crippen molar-refractivity contribution < 1.29 is 23.4 Å². The van der Waals surface area contributed by atoms with Crippen LogP contribution in [0.2, 0.25) is 0 Å². The lowest BCUT2D eigenvalue weighted by Gasteiger charge is -2.17. The zero-order valence-corrected chi connectivity index (χ0v) is 23.5. The van der Waals surface area contributed by atoms with Gasteiger partial charge in [-0.2, -0.15) is 0 Å². The van der Waals surface area contributed by atoms with Crippen LogP contribution in [-0.2, 0) is 11.2 Å². The Labute approximate surface area is 234 Å². The van der Waals surface area contributed by atoms with E-state index in [1.807, 2.05) is 55.6 Å². The molecule has 0 spiro atoms. The van der Waals surface area contributed by atoms with Gasteiger partial charge in [0.15, 0.2) is 22.5 Å². The maximum atomic E-state index is 13.0. The molecule has 8 heteroatoms. The molecular formula is C31H34ClNO6. The van der Waals surface area contributed by atoms with E-state index in [1.54, 1.807) is 39.3 Å². The molecule has 0 aliphatic carbocycles. The van der Waals surface area contributed by atoms with Gasteiger partial charge in [0.25, 0.3) is 0 Å². The molecule has 0 radical (unpaired) electrons. The van der Waals surface area contributed by atoms with Gasteiger partial charge in [-0.1, -0.05) is 42.5 Å². The van der Waals surface area contributed by atoms with Gasteiger partial charge in [0, 0.05) is 24.2 Å². The highest BCUT2D eigenvalue weighted by Crippen LogP contribution is 2.28. The fraction of sp³-hybridized carbons (Fsp3) is 0.290. The smallest absolute Gasteiger partial charge is 0.341 e. The number of carbonyl (C=O) groups excluding carboxylic acids is 1. The van der Waals surface area contributed by atoms with Crippen molar-refractivity contribution in [3.8, 4) is 22.8 Å². The van der Waals surface area contributed by atoms with Gasteiger partial charge in [-0.25, -0.2) is 4.79 Å². The third-order valence-corrected chi connectivity index (χ3v) is 6.55. The van der Waals surface area contributed by atoms with Crippen molar-refractivity contribution in [1.82, 2.24) is 4.90 Å². The quantitative estimate of drug-likeness (QED) is 0.169. The first kappa shape index (κ1) is 29.7. The molecule has 0 saturated carbocycles. The monoisotopic (exact) mass is 551 g/mol. The van der Waals surface area contributed by atoms with Crippen molar-refractivity contribution in [2.45, 2.75) is 19.8 Å². The van der Waals surface area contributed by atoms with Gasteiger partial charge in [0.2, 0.25) is 0 Å². The summed E-state index contributed by atoms with van der Waals surface area (Å²) in [6.45, 7) is 3.61. The van der Waals surface area contributed by atoms with E-state index >= 15 is 0 Å². The Morgan fingerprint density at radius 2 is 1.67 bits per heavy atom. The Bertz CT molecular complexity index is 1470. The number of rotatable bonds is 11. The lowest BCUT2D eigenvalue weighted by atomic mass is 10.0. The predicted molar refractivity (Wildman–Crippen MR) is 156 cm³/mol. The summed E-state index contributed by atoms with van der Waals surface area (Å²) in [5.41, 5.74) is 2.78. The molecule has 0 aliphatic rings. The second kappa shape index (κ2) is 13.8. The van der Waals surface area contributed by atoms with E-state index in [0.29, 0.717) is 28.9 Å². The molecule has 1 heterocycles. The van der Waals surface area contributed by atoms with Crippen LogP contribution in [0.15, 0.2) is 75.9 Å². The first-order valence-corrected chi connectivity index (χ1v) is 12.6. The number of ether oxygens (including phenoxy) is 3. The first-order chi connectivity index (χ1) is 18.4. The number of para-hydroxylation sites is 1. The molecule has 4 rings (SSSR count). The lowest BCUT2D eigenvalue weighted by Crippen LogP contribution is -2.24. The molecule has 0 fully saturated rings. The van der Waals surface area contributed by atoms with Gasteiger partial charge in [-0.15, -0.1) is 12.4 Å². The number of fused-ring (bicyclic) bond motifs is 1. The molecule has 206 valence electrons. The van der Waals surface area contributed by atoms with E-state index in [2.05, 4.69) is 4.90 Å². The minimum atomic E-state index is -0.505. The Kier molecular flexibility index (Phi) is 10.5. The topological polar surface area (TPSA) is 78.2 Å². The highest BCUT2D eigenvalue weighted by Gasteiger charge is 2.19. The number of methoxy groups -OCH3 is 2. The van der Waals surface area contributed by atoms with E-state index in [1.165, 1.54) is 0 Å². The summed E-state index contributed by atoms with van der Waals surface area (Å²) in [7, 11) is 5.29. The summed E-state index contributed by atoms with van der Waals surface area (Å²) in [5.74, 6) is 1.38. The number of benzene rings is 3. The average molecular weight is 552 g/mol. The van der Waals surface area contributed by atoms with Crippen LogP contribution < -0.4 is 14.9 Å². The summed E-state index contributed by atoms with van der Waals surface area (Å²) < 4.78 is 22.4. The Morgan fingerprint density at radius 3 is 2.38 bits per heavy atom. The number of hydrogen-bond donors (Lipinski definition) is 0. The molecule has 0 unspecified atom stereocenters. The number of halogens is 1. The van der Waals surface area contributed by atoms with Crippen LogP contribution in [-0.4, -0.2) is 51.8 Å². The normalized spacial score (nSPS) is 10.8. The number of nitrogens with zero attached hydrogens (tertiary/aromatic N) is 1. The highest BCUT2D eigenvalue weighted by molar-refractivity contribution is 6.02. The zero-order chi connectivity index (χ0) is 27.1. The molecule has 7 nitrogen and oxygen atoms in total. The predicted octanol–water partition coefficient (Wildman–Crippen LogP) is 5.93. The first-order valence-electron chi connectivity index (χ1n) is 12.6. The van der Waals surface area contributed by atoms with E-state index in [-0.39, 0.29) is 35.6 Å². The molecule has 39 heavy (non-hydrogen) atoms. The third kappa shape index (κ3) is 6.99. The van der Waals surface area contributed by atoms with Gasteiger partial charge in [0.1, 0.15) is 11.3 Å². The minimum Gasteiger partial charge on any atom is -0.493 e. The van der Waals surface area contributed by atoms with Crippen LogP contribution in [0.25, 0.3) is 22.3 Å². The molecule has 0 saturated heterocycles. The number of carbonyl (C=O) groups is 1. The van der Waals surface area contributed by atoms with E-state index < -0.39 is 5.97 Å². The zero-order valence-electron chi connectivity index (χ0n) is 22.7. The Hall–Kier alpha value is -3.81. The SMILES string of the molecule is COc1ccc(CCN(C)CCCOC(=O)c2cccc3c(=O)c(C)c(-c4ccccc4)oc23)cc1OC.Cl. The van der Waals surface area contributed by atoms with Crippen molar-refractivity contribution in [2.24, 2.45) is 0 Å². The molecule has 0 bridgehead atoms. The van der Waals surface area contributed by atoms with Crippen LogP contribution in [0.5, 0.6) is 11.5 Å². The van der Waals surface area contributed by atoms with Gasteiger partial charge < -0.3 is 23.5 Å². The largest absolute Gasteiger partial charge is 0.493 e. The third-order valence-electron chi connectivity index (χ3n) is 6.55. The maximum Gasteiger partial charge on any atom is 0.341 e. The van der Waals surface area contributed by atoms with Gasteiger partial charge in [-0.3, -0.25) is 4.79 Å². The Balaban J connectivity index is 0.00000420. The molecular weight excluding hydrogens is 518 g/mol. The van der Waals surface area contributed by atoms with Crippen LogP contribution in [0, 0.1) is 6.92 Å². The Morgan fingerprint density at radius 1 is 0.923 bits per heavy atom. The average Bonchev–Trinajstić information content (AvgIpc) is 2.95. The van der Waals surface area contributed by atoms with Crippen molar-refractivity contribution in [3.63, 3.8) is 0 Å². The number of esters is 1. The van der Waals surface area contributed by atoms with Gasteiger partial charge in [-0.05, 0) is 56.6 Å². The molecule has 0 N–H and O–H groups in total. The maximum absolute atomic E-state index is 13.0. The standard InChI is InChI=1S/C31H33NO6.ClH/c1-21-28(33)24-12-8-13-25(30(24)38-29(21)23-10-6-5-7-11-23)31(34)37-19-9-17-32(2)18-16-22-14-15-26(35-3)27(20-22)36-4;/h5-8,10-15,20H,9,16-19H2,1-4H3;1H.